The minimum Gasteiger partial charge on any atom is -0.356 e. The van der Waals surface area contributed by atoms with Crippen LogP contribution < -0.4 is 15.1 Å². The fraction of sp³-hybridized carbons (Fsp3) is 0.476. The van der Waals surface area contributed by atoms with Crippen LogP contribution in [-0.2, 0) is 6.18 Å². The number of piperazine rings is 1. The molecule has 2 aliphatic heterocycles. The zero-order valence-corrected chi connectivity index (χ0v) is 17.1. The SMILES string of the molecule is O=C(Nc1cccc(C(F)(F)F)c1)N1CCN(c2cc(N3CCCCC3)ncn2)CC1. The van der Waals surface area contributed by atoms with Crippen LogP contribution in [-0.4, -0.2) is 60.2 Å². The van der Waals surface area contributed by atoms with E-state index in [9.17, 15) is 18.0 Å². The molecule has 0 aliphatic carbocycles. The third kappa shape index (κ3) is 5.18. The van der Waals surface area contributed by atoms with Crippen molar-refractivity contribution in [2.75, 3.05) is 54.4 Å². The Kier molecular flexibility index (Phi) is 6.15. The average molecular weight is 434 g/mol. The second-order valence-corrected chi connectivity index (χ2v) is 7.76. The largest absolute Gasteiger partial charge is 0.416 e. The number of hydrogen-bond acceptors (Lipinski definition) is 5. The van der Waals surface area contributed by atoms with E-state index in [0.29, 0.717) is 26.2 Å². The summed E-state index contributed by atoms with van der Waals surface area (Å²) in [6.45, 7) is 4.08. The van der Waals surface area contributed by atoms with Crippen LogP contribution in [0, 0.1) is 0 Å². The highest BCUT2D eigenvalue weighted by molar-refractivity contribution is 5.89. The minimum absolute atomic E-state index is 0.129. The first-order valence-corrected chi connectivity index (χ1v) is 10.5. The van der Waals surface area contributed by atoms with Crippen LogP contribution in [0.4, 0.5) is 35.3 Å². The molecule has 1 aromatic carbocycles. The van der Waals surface area contributed by atoms with Crippen LogP contribution in [0.5, 0.6) is 0 Å². The van der Waals surface area contributed by atoms with E-state index in [1.54, 1.807) is 11.2 Å². The number of nitrogens with zero attached hydrogens (tertiary/aromatic N) is 5. The zero-order chi connectivity index (χ0) is 21.8. The third-order valence-electron chi connectivity index (χ3n) is 5.65. The summed E-state index contributed by atoms with van der Waals surface area (Å²) in [6, 6.07) is 6.24. The lowest BCUT2D eigenvalue weighted by Gasteiger charge is -2.36. The Hall–Kier alpha value is -3.04. The summed E-state index contributed by atoms with van der Waals surface area (Å²) >= 11 is 0. The molecular weight excluding hydrogens is 409 g/mol. The maximum absolute atomic E-state index is 12.9. The Morgan fingerprint density at radius 1 is 0.871 bits per heavy atom. The number of rotatable bonds is 3. The van der Waals surface area contributed by atoms with Crippen molar-refractivity contribution < 1.29 is 18.0 Å². The Bertz CT molecular complexity index is 908. The summed E-state index contributed by atoms with van der Waals surface area (Å²) in [4.78, 5) is 27.3. The summed E-state index contributed by atoms with van der Waals surface area (Å²) in [5, 5.41) is 2.57. The molecule has 3 heterocycles. The van der Waals surface area contributed by atoms with E-state index in [0.717, 1.165) is 36.9 Å². The fourth-order valence-corrected chi connectivity index (χ4v) is 3.92. The van der Waals surface area contributed by atoms with E-state index in [1.807, 2.05) is 6.07 Å². The summed E-state index contributed by atoms with van der Waals surface area (Å²) in [7, 11) is 0. The number of amides is 2. The van der Waals surface area contributed by atoms with Gasteiger partial charge in [0, 0.05) is 51.0 Å². The number of benzene rings is 1. The lowest BCUT2D eigenvalue weighted by molar-refractivity contribution is -0.137. The molecule has 0 atom stereocenters. The molecule has 0 saturated carbocycles. The van der Waals surface area contributed by atoms with Crippen LogP contribution in [0.25, 0.3) is 0 Å². The van der Waals surface area contributed by atoms with Crippen molar-refractivity contribution in [3.8, 4) is 0 Å². The molecule has 2 aromatic rings. The molecule has 1 N–H and O–H groups in total. The predicted molar refractivity (Wildman–Crippen MR) is 112 cm³/mol. The highest BCUT2D eigenvalue weighted by Crippen LogP contribution is 2.30. The van der Waals surface area contributed by atoms with E-state index < -0.39 is 17.8 Å². The van der Waals surface area contributed by atoms with E-state index in [1.165, 1.54) is 31.4 Å². The number of anilines is 3. The minimum atomic E-state index is -4.45. The molecule has 0 bridgehead atoms. The number of carbonyl (C=O) groups excluding carboxylic acids is 1. The van der Waals surface area contributed by atoms with E-state index >= 15 is 0 Å². The maximum Gasteiger partial charge on any atom is 0.416 e. The van der Waals surface area contributed by atoms with Crippen molar-refractivity contribution >= 4 is 23.4 Å². The van der Waals surface area contributed by atoms with Gasteiger partial charge in [0.1, 0.15) is 18.0 Å². The van der Waals surface area contributed by atoms with Crippen molar-refractivity contribution in [3.05, 3.63) is 42.2 Å². The topological polar surface area (TPSA) is 64.6 Å². The number of piperidine rings is 1. The summed E-state index contributed by atoms with van der Waals surface area (Å²) in [5.41, 5.74) is -0.660. The second-order valence-electron chi connectivity index (χ2n) is 7.76. The fourth-order valence-electron chi connectivity index (χ4n) is 3.92. The summed E-state index contributed by atoms with van der Waals surface area (Å²) in [6.07, 6.45) is 0.708. The molecule has 2 aliphatic rings. The molecular formula is C21H25F3N6O. The smallest absolute Gasteiger partial charge is 0.356 e. The number of halogens is 3. The monoisotopic (exact) mass is 434 g/mol. The van der Waals surface area contributed by atoms with Gasteiger partial charge in [-0.1, -0.05) is 6.07 Å². The lowest BCUT2D eigenvalue weighted by Crippen LogP contribution is -2.50. The molecule has 0 unspecified atom stereocenters. The number of nitrogens with one attached hydrogen (secondary N) is 1. The van der Waals surface area contributed by atoms with Crippen LogP contribution in [0.15, 0.2) is 36.7 Å². The number of carbonyl (C=O) groups is 1. The Morgan fingerprint density at radius 2 is 1.52 bits per heavy atom. The molecule has 0 spiro atoms. The first-order chi connectivity index (χ1) is 14.9. The van der Waals surface area contributed by atoms with Gasteiger partial charge in [-0.2, -0.15) is 13.2 Å². The number of hydrogen-bond donors (Lipinski definition) is 1. The Labute approximate surface area is 178 Å². The quantitative estimate of drug-likeness (QED) is 0.795. The van der Waals surface area contributed by atoms with Crippen molar-refractivity contribution in [3.63, 3.8) is 0 Å². The zero-order valence-electron chi connectivity index (χ0n) is 17.1. The summed E-state index contributed by atoms with van der Waals surface area (Å²) < 4.78 is 38.6. The number of alkyl halides is 3. The van der Waals surface area contributed by atoms with Gasteiger partial charge in [-0.05, 0) is 37.5 Å². The predicted octanol–water partition coefficient (Wildman–Crippen LogP) is 3.84. The van der Waals surface area contributed by atoms with E-state index in [-0.39, 0.29) is 5.69 Å². The molecule has 4 rings (SSSR count). The number of aromatic nitrogens is 2. The van der Waals surface area contributed by atoms with Gasteiger partial charge in [0.25, 0.3) is 0 Å². The average Bonchev–Trinajstić information content (AvgIpc) is 2.79. The van der Waals surface area contributed by atoms with Gasteiger partial charge in [-0.15, -0.1) is 0 Å². The van der Waals surface area contributed by atoms with Gasteiger partial charge >= 0.3 is 12.2 Å². The van der Waals surface area contributed by atoms with Crippen LogP contribution >= 0.6 is 0 Å². The van der Waals surface area contributed by atoms with Gasteiger partial charge in [-0.25, -0.2) is 14.8 Å². The molecule has 2 amide bonds. The van der Waals surface area contributed by atoms with Crippen molar-refractivity contribution in [2.45, 2.75) is 25.4 Å². The van der Waals surface area contributed by atoms with E-state index in [4.69, 9.17) is 0 Å². The van der Waals surface area contributed by atoms with Gasteiger partial charge < -0.3 is 20.0 Å². The summed E-state index contributed by atoms with van der Waals surface area (Å²) in [5.74, 6) is 1.75. The first kappa shape index (κ1) is 21.2. The molecule has 7 nitrogen and oxygen atoms in total. The maximum atomic E-state index is 12.9. The standard InChI is InChI=1S/C21H25F3N6O/c22-21(23,24)16-5-4-6-17(13-16)27-20(31)30-11-9-29(10-12-30)19-14-18(25-15-26-19)28-7-2-1-3-8-28/h4-6,13-15H,1-3,7-12H2,(H,27,31). The molecule has 2 saturated heterocycles. The lowest BCUT2D eigenvalue weighted by atomic mass is 10.1. The van der Waals surface area contributed by atoms with Gasteiger partial charge in [0.05, 0.1) is 5.56 Å². The second kappa shape index (κ2) is 8.99. The molecule has 166 valence electrons. The molecule has 1 aromatic heterocycles. The van der Waals surface area contributed by atoms with Crippen molar-refractivity contribution in [1.29, 1.82) is 0 Å². The van der Waals surface area contributed by atoms with Crippen LogP contribution in [0.3, 0.4) is 0 Å². The van der Waals surface area contributed by atoms with Gasteiger partial charge in [0.2, 0.25) is 0 Å². The van der Waals surface area contributed by atoms with Gasteiger partial charge in [-0.3, -0.25) is 0 Å². The van der Waals surface area contributed by atoms with Crippen LogP contribution in [0.1, 0.15) is 24.8 Å². The van der Waals surface area contributed by atoms with E-state index in [2.05, 4.69) is 25.1 Å². The third-order valence-corrected chi connectivity index (χ3v) is 5.65. The first-order valence-electron chi connectivity index (χ1n) is 10.5. The number of urea groups is 1. The molecule has 10 heteroatoms. The Balaban J connectivity index is 1.34. The van der Waals surface area contributed by atoms with Crippen molar-refractivity contribution in [1.82, 2.24) is 14.9 Å². The Morgan fingerprint density at radius 3 is 2.16 bits per heavy atom. The molecule has 0 radical (unpaired) electrons. The highest BCUT2D eigenvalue weighted by Gasteiger charge is 2.31. The molecule has 31 heavy (non-hydrogen) atoms. The van der Waals surface area contributed by atoms with Crippen molar-refractivity contribution in [2.24, 2.45) is 0 Å². The normalized spacial score (nSPS) is 17.6. The molecule has 2 fully saturated rings. The van der Waals surface area contributed by atoms with Crippen LogP contribution in [0.2, 0.25) is 0 Å². The highest BCUT2D eigenvalue weighted by atomic mass is 19.4. The van der Waals surface area contributed by atoms with Gasteiger partial charge in [0.15, 0.2) is 0 Å².